The van der Waals surface area contributed by atoms with Crippen LogP contribution in [0.3, 0.4) is 0 Å². The Morgan fingerprint density at radius 3 is 2.32 bits per heavy atom. The van der Waals surface area contributed by atoms with E-state index in [1.807, 2.05) is 29.2 Å². The SMILES string of the molecule is CCN1CCC(CC(=O)N2CCC(O)(c3ccc(Cl)cc3)CC2)CC1. The first-order chi connectivity index (χ1) is 12.0. The molecule has 2 aliphatic heterocycles. The van der Waals surface area contributed by atoms with Gasteiger partial charge >= 0.3 is 0 Å². The third kappa shape index (κ3) is 4.55. The summed E-state index contributed by atoms with van der Waals surface area (Å²) in [6.45, 7) is 6.80. The zero-order chi connectivity index (χ0) is 17.9. The van der Waals surface area contributed by atoms with Gasteiger partial charge in [0.2, 0.25) is 5.91 Å². The molecule has 0 radical (unpaired) electrons. The van der Waals surface area contributed by atoms with Crippen molar-refractivity contribution in [3.8, 4) is 0 Å². The first-order valence-electron chi connectivity index (χ1n) is 9.49. The van der Waals surface area contributed by atoms with E-state index in [1.54, 1.807) is 0 Å². The highest BCUT2D eigenvalue weighted by molar-refractivity contribution is 6.30. The highest BCUT2D eigenvalue weighted by Crippen LogP contribution is 2.34. The predicted molar refractivity (Wildman–Crippen MR) is 101 cm³/mol. The van der Waals surface area contributed by atoms with Crippen molar-refractivity contribution in [2.75, 3.05) is 32.7 Å². The molecule has 1 aromatic rings. The highest BCUT2D eigenvalue weighted by atomic mass is 35.5. The third-order valence-corrected chi connectivity index (χ3v) is 6.19. The Morgan fingerprint density at radius 1 is 1.16 bits per heavy atom. The lowest BCUT2D eigenvalue weighted by atomic mass is 9.84. The Hall–Kier alpha value is -1.10. The number of aliphatic hydroxyl groups is 1. The molecule has 0 aliphatic carbocycles. The molecule has 0 atom stereocenters. The molecule has 0 spiro atoms. The molecule has 2 saturated heterocycles. The van der Waals surface area contributed by atoms with E-state index in [-0.39, 0.29) is 5.91 Å². The quantitative estimate of drug-likeness (QED) is 0.891. The molecule has 0 bridgehead atoms. The number of hydrogen-bond donors (Lipinski definition) is 1. The maximum absolute atomic E-state index is 12.6. The molecular formula is C20H29ClN2O2. The molecule has 1 amide bonds. The summed E-state index contributed by atoms with van der Waals surface area (Å²) in [7, 11) is 0. The van der Waals surface area contributed by atoms with Crippen LogP contribution in [0.15, 0.2) is 24.3 Å². The average Bonchev–Trinajstić information content (AvgIpc) is 2.63. The van der Waals surface area contributed by atoms with E-state index >= 15 is 0 Å². The number of likely N-dealkylation sites (tertiary alicyclic amines) is 2. The van der Waals surface area contributed by atoms with E-state index in [0.717, 1.165) is 38.0 Å². The Bertz CT molecular complexity index is 574. The molecule has 2 fully saturated rings. The second kappa shape index (κ2) is 8.07. The molecule has 138 valence electrons. The van der Waals surface area contributed by atoms with Gasteiger partial charge in [-0.15, -0.1) is 0 Å². The number of nitrogens with zero attached hydrogens (tertiary/aromatic N) is 2. The van der Waals surface area contributed by atoms with Crippen molar-refractivity contribution < 1.29 is 9.90 Å². The summed E-state index contributed by atoms with van der Waals surface area (Å²) < 4.78 is 0. The first-order valence-corrected chi connectivity index (χ1v) is 9.86. The Morgan fingerprint density at radius 2 is 1.76 bits per heavy atom. The minimum Gasteiger partial charge on any atom is -0.385 e. The molecule has 4 nitrogen and oxygen atoms in total. The summed E-state index contributed by atoms with van der Waals surface area (Å²) in [6.07, 6.45) is 4.10. The summed E-state index contributed by atoms with van der Waals surface area (Å²) in [4.78, 5) is 17.0. The highest BCUT2D eigenvalue weighted by Gasteiger charge is 2.35. The van der Waals surface area contributed by atoms with Gasteiger partial charge < -0.3 is 14.9 Å². The van der Waals surface area contributed by atoms with Crippen molar-refractivity contribution >= 4 is 17.5 Å². The van der Waals surface area contributed by atoms with Gasteiger partial charge in [0.25, 0.3) is 0 Å². The molecule has 3 rings (SSSR count). The van der Waals surface area contributed by atoms with Crippen molar-refractivity contribution in [2.45, 2.75) is 44.6 Å². The molecule has 2 aliphatic rings. The van der Waals surface area contributed by atoms with E-state index in [0.29, 0.717) is 43.3 Å². The number of hydrogen-bond acceptors (Lipinski definition) is 3. The molecule has 0 unspecified atom stereocenters. The number of carbonyl (C=O) groups excluding carboxylic acids is 1. The van der Waals surface area contributed by atoms with E-state index in [4.69, 9.17) is 11.6 Å². The van der Waals surface area contributed by atoms with E-state index in [9.17, 15) is 9.90 Å². The number of amides is 1. The summed E-state index contributed by atoms with van der Waals surface area (Å²) in [6, 6.07) is 7.41. The average molecular weight is 365 g/mol. The van der Waals surface area contributed by atoms with Crippen molar-refractivity contribution in [1.82, 2.24) is 9.80 Å². The van der Waals surface area contributed by atoms with Gasteiger partial charge in [0.05, 0.1) is 5.60 Å². The standard InChI is InChI=1S/C20H29ClN2O2/c1-2-22-11-7-16(8-12-22)15-19(24)23-13-9-20(25,10-14-23)17-3-5-18(21)6-4-17/h3-6,16,25H,2,7-15H2,1H3. The van der Waals surface area contributed by atoms with Crippen molar-refractivity contribution in [2.24, 2.45) is 5.92 Å². The number of benzene rings is 1. The summed E-state index contributed by atoms with van der Waals surface area (Å²) in [5.74, 6) is 0.778. The predicted octanol–water partition coefficient (Wildman–Crippen LogP) is 3.27. The van der Waals surface area contributed by atoms with Gasteiger partial charge in [-0.25, -0.2) is 0 Å². The largest absolute Gasteiger partial charge is 0.385 e. The summed E-state index contributed by atoms with van der Waals surface area (Å²) >= 11 is 5.93. The van der Waals surface area contributed by atoms with Crippen LogP contribution in [0.4, 0.5) is 0 Å². The van der Waals surface area contributed by atoms with E-state index in [2.05, 4.69) is 11.8 Å². The smallest absolute Gasteiger partial charge is 0.222 e. The lowest BCUT2D eigenvalue weighted by Gasteiger charge is -2.39. The molecule has 1 aromatic carbocycles. The van der Waals surface area contributed by atoms with Gasteiger partial charge in [-0.3, -0.25) is 4.79 Å². The van der Waals surface area contributed by atoms with E-state index in [1.165, 1.54) is 0 Å². The van der Waals surface area contributed by atoms with Gasteiger partial charge in [0.1, 0.15) is 0 Å². The Kier molecular flexibility index (Phi) is 6.03. The molecule has 2 heterocycles. The van der Waals surface area contributed by atoms with Crippen molar-refractivity contribution in [1.29, 1.82) is 0 Å². The zero-order valence-electron chi connectivity index (χ0n) is 15.1. The summed E-state index contributed by atoms with van der Waals surface area (Å²) in [5.41, 5.74) is 0.0596. The Labute approximate surface area is 155 Å². The van der Waals surface area contributed by atoms with Crippen molar-refractivity contribution in [3.05, 3.63) is 34.9 Å². The monoisotopic (exact) mass is 364 g/mol. The maximum Gasteiger partial charge on any atom is 0.222 e. The maximum atomic E-state index is 12.6. The van der Waals surface area contributed by atoms with Crippen LogP contribution in [0, 0.1) is 5.92 Å². The topological polar surface area (TPSA) is 43.8 Å². The number of carbonyl (C=O) groups is 1. The third-order valence-electron chi connectivity index (χ3n) is 5.94. The minimum atomic E-state index is -0.839. The fourth-order valence-corrected chi connectivity index (χ4v) is 4.18. The van der Waals surface area contributed by atoms with Crippen LogP contribution >= 0.6 is 11.6 Å². The first kappa shape index (κ1) is 18.7. The lowest BCUT2D eigenvalue weighted by Crippen LogP contribution is -2.46. The molecule has 5 heteroatoms. The van der Waals surface area contributed by atoms with Gasteiger partial charge in [-0.05, 0) is 68.9 Å². The number of rotatable bonds is 4. The zero-order valence-corrected chi connectivity index (χ0v) is 15.8. The van der Waals surface area contributed by atoms with Crippen LogP contribution in [0.2, 0.25) is 5.02 Å². The van der Waals surface area contributed by atoms with Crippen LogP contribution in [0.5, 0.6) is 0 Å². The fourth-order valence-electron chi connectivity index (χ4n) is 4.06. The fraction of sp³-hybridized carbons (Fsp3) is 0.650. The normalized spacial score (nSPS) is 22.1. The Balaban J connectivity index is 1.50. The summed E-state index contributed by atoms with van der Waals surface area (Å²) in [5, 5.41) is 11.6. The van der Waals surface area contributed by atoms with Gasteiger partial charge in [-0.2, -0.15) is 0 Å². The van der Waals surface area contributed by atoms with Crippen LogP contribution < -0.4 is 0 Å². The van der Waals surface area contributed by atoms with Gasteiger partial charge in [-0.1, -0.05) is 30.7 Å². The van der Waals surface area contributed by atoms with Crippen LogP contribution in [-0.4, -0.2) is 53.5 Å². The van der Waals surface area contributed by atoms with Gasteiger partial charge in [0, 0.05) is 24.5 Å². The second-order valence-corrected chi connectivity index (χ2v) is 7.94. The molecule has 1 N–H and O–H groups in total. The second-order valence-electron chi connectivity index (χ2n) is 7.50. The number of piperidine rings is 2. The van der Waals surface area contributed by atoms with Crippen molar-refractivity contribution in [3.63, 3.8) is 0 Å². The molecular weight excluding hydrogens is 336 g/mol. The lowest BCUT2D eigenvalue weighted by molar-refractivity contribution is -0.137. The van der Waals surface area contributed by atoms with Crippen LogP contribution in [-0.2, 0) is 10.4 Å². The van der Waals surface area contributed by atoms with E-state index < -0.39 is 5.60 Å². The molecule has 25 heavy (non-hydrogen) atoms. The van der Waals surface area contributed by atoms with Crippen LogP contribution in [0.1, 0.15) is 44.6 Å². The van der Waals surface area contributed by atoms with Crippen LogP contribution in [0.25, 0.3) is 0 Å². The molecule has 0 aromatic heterocycles. The minimum absolute atomic E-state index is 0.258. The number of halogens is 1. The van der Waals surface area contributed by atoms with Gasteiger partial charge in [0.15, 0.2) is 0 Å². The molecule has 0 saturated carbocycles.